The van der Waals surface area contributed by atoms with Crippen LogP contribution in [0.3, 0.4) is 0 Å². The summed E-state index contributed by atoms with van der Waals surface area (Å²) in [6.07, 6.45) is 6.19. The van der Waals surface area contributed by atoms with Crippen molar-refractivity contribution in [3.8, 4) is 0 Å². The fraction of sp³-hybridized carbons (Fsp3) is 0.143. The topological polar surface area (TPSA) is 35.7 Å². The summed E-state index contributed by atoms with van der Waals surface area (Å²) in [6, 6.07) is 6.17. The second kappa shape index (κ2) is 7.28. The van der Waals surface area contributed by atoms with E-state index in [0.29, 0.717) is 0 Å². The van der Waals surface area contributed by atoms with E-state index in [4.69, 9.17) is 5.84 Å². The first kappa shape index (κ1) is 18.4. The number of allylic oxidation sites excluding steroid dienone is 3. The van der Waals surface area contributed by atoms with E-state index in [0.717, 1.165) is 45.9 Å². The number of fused-ring (bicyclic) bond motifs is 1. The van der Waals surface area contributed by atoms with E-state index in [1.165, 1.54) is 0 Å². The monoisotopic (exact) mass is 334 g/mol. The van der Waals surface area contributed by atoms with Gasteiger partial charge in [-0.05, 0) is 35.5 Å². The molecule has 0 radical (unpaired) electrons. The first-order chi connectivity index (χ1) is 11.8. The molecule has 0 amide bonds. The van der Waals surface area contributed by atoms with Crippen LogP contribution >= 0.6 is 0 Å². The largest absolute Gasteiger partial charge is 0.352 e. The molecule has 25 heavy (non-hydrogen) atoms. The summed E-state index contributed by atoms with van der Waals surface area (Å²) >= 11 is 0. The zero-order valence-electron chi connectivity index (χ0n) is 15.1. The van der Waals surface area contributed by atoms with Crippen LogP contribution in [0.15, 0.2) is 92.1 Å². The molecule has 0 fully saturated rings. The Bertz CT molecular complexity index is 785. The molecular formula is C21H26N4. The van der Waals surface area contributed by atoms with Gasteiger partial charge in [0.2, 0.25) is 0 Å². The maximum Gasteiger partial charge on any atom is 0.0608 e. The van der Waals surface area contributed by atoms with Crippen molar-refractivity contribution in [2.75, 3.05) is 24.0 Å². The summed E-state index contributed by atoms with van der Waals surface area (Å²) in [4.78, 5) is 3.89. The Balaban J connectivity index is 2.37. The summed E-state index contributed by atoms with van der Waals surface area (Å²) in [7, 11) is 3.89. The van der Waals surface area contributed by atoms with Crippen molar-refractivity contribution in [1.29, 1.82) is 0 Å². The highest BCUT2D eigenvalue weighted by molar-refractivity contribution is 5.69. The summed E-state index contributed by atoms with van der Waals surface area (Å²) < 4.78 is 0. The molecule has 0 bridgehead atoms. The Morgan fingerprint density at radius 2 is 1.92 bits per heavy atom. The van der Waals surface area contributed by atoms with Crippen LogP contribution in [0.1, 0.15) is 5.56 Å². The minimum absolute atomic E-state index is 0.759. The fourth-order valence-corrected chi connectivity index (χ4v) is 2.66. The number of nitrogens with two attached hydrogens (primary N) is 1. The SMILES string of the molecule is C=CC(=C)/C(=C/N(C)c1ccc2c(c1)CC(=C)N2N)C(=C)N(C)C=C. The van der Waals surface area contributed by atoms with Gasteiger partial charge in [-0.3, -0.25) is 5.01 Å². The molecule has 2 N–H and O–H groups in total. The molecule has 2 rings (SSSR count). The standard InChI is InChI=1S/C21H26N4/c1-8-15(3)20(17(5)23(6)9-2)14-24(7)19-10-11-21-18(13-19)12-16(4)25(21)22/h8-11,13-14H,1-5,12,22H2,6-7H3/b20-14-. The Morgan fingerprint density at radius 3 is 2.52 bits per heavy atom. The molecule has 0 unspecified atom stereocenters. The Morgan fingerprint density at radius 1 is 1.24 bits per heavy atom. The lowest BCUT2D eigenvalue weighted by atomic mass is 10.1. The van der Waals surface area contributed by atoms with E-state index in [1.54, 1.807) is 17.3 Å². The third-order valence-corrected chi connectivity index (χ3v) is 4.39. The maximum atomic E-state index is 6.00. The molecule has 1 heterocycles. The van der Waals surface area contributed by atoms with Gasteiger partial charge in [0.05, 0.1) is 5.69 Å². The molecule has 1 aliphatic heterocycles. The zero-order chi connectivity index (χ0) is 18.7. The van der Waals surface area contributed by atoms with Crippen LogP contribution in [-0.4, -0.2) is 19.0 Å². The van der Waals surface area contributed by atoms with E-state index in [2.05, 4.69) is 39.0 Å². The van der Waals surface area contributed by atoms with Gasteiger partial charge in [0.15, 0.2) is 0 Å². The highest BCUT2D eigenvalue weighted by atomic mass is 15.4. The lowest BCUT2D eigenvalue weighted by molar-refractivity contribution is 0.585. The predicted octanol–water partition coefficient (Wildman–Crippen LogP) is 4.09. The van der Waals surface area contributed by atoms with Crippen LogP contribution in [0.25, 0.3) is 0 Å². The second-order valence-electron chi connectivity index (χ2n) is 6.05. The molecule has 0 spiro atoms. The van der Waals surface area contributed by atoms with Crippen molar-refractivity contribution < 1.29 is 0 Å². The van der Waals surface area contributed by atoms with Gasteiger partial charge in [-0.25, -0.2) is 5.84 Å². The molecule has 0 saturated heterocycles. The van der Waals surface area contributed by atoms with Crippen LogP contribution in [0.4, 0.5) is 11.4 Å². The van der Waals surface area contributed by atoms with Crippen molar-refractivity contribution in [3.05, 3.63) is 97.7 Å². The number of hydrazine groups is 1. The van der Waals surface area contributed by atoms with Crippen LogP contribution in [0.2, 0.25) is 0 Å². The lowest BCUT2D eigenvalue weighted by Gasteiger charge is -2.23. The smallest absolute Gasteiger partial charge is 0.0608 e. The summed E-state index contributed by atoms with van der Waals surface area (Å²) in [5, 5.41) is 1.64. The normalized spacial score (nSPS) is 13.3. The molecule has 1 aromatic carbocycles. The van der Waals surface area contributed by atoms with Gasteiger partial charge < -0.3 is 9.80 Å². The van der Waals surface area contributed by atoms with E-state index in [-0.39, 0.29) is 0 Å². The van der Waals surface area contributed by atoms with E-state index in [1.807, 2.05) is 42.2 Å². The summed E-state index contributed by atoms with van der Waals surface area (Å²) in [5.41, 5.74) is 6.60. The molecule has 4 nitrogen and oxygen atoms in total. The van der Waals surface area contributed by atoms with Crippen molar-refractivity contribution in [2.24, 2.45) is 5.84 Å². The maximum absolute atomic E-state index is 6.00. The molecule has 130 valence electrons. The van der Waals surface area contributed by atoms with Gasteiger partial charge in [-0.15, -0.1) is 0 Å². The number of hydrogen-bond donors (Lipinski definition) is 1. The first-order valence-electron chi connectivity index (χ1n) is 7.96. The molecule has 0 saturated carbocycles. The predicted molar refractivity (Wildman–Crippen MR) is 109 cm³/mol. The van der Waals surface area contributed by atoms with Crippen LogP contribution in [0, 0.1) is 0 Å². The quantitative estimate of drug-likeness (QED) is 0.602. The third-order valence-electron chi connectivity index (χ3n) is 4.39. The molecule has 1 aliphatic rings. The number of hydrogen-bond acceptors (Lipinski definition) is 4. The first-order valence-corrected chi connectivity index (χ1v) is 7.96. The number of likely N-dealkylation sites (N-methyl/N-ethyl adjacent to an activating group) is 1. The Kier molecular flexibility index (Phi) is 5.35. The minimum atomic E-state index is 0.759. The zero-order valence-corrected chi connectivity index (χ0v) is 15.1. The number of nitrogens with zero attached hydrogens (tertiary/aromatic N) is 3. The van der Waals surface area contributed by atoms with E-state index >= 15 is 0 Å². The van der Waals surface area contributed by atoms with Crippen molar-refractivity contribution in [1.82, 2.24) is 4.90 Å². The van der Waals surface area contributed by atoms with Crippen LogP contribution in [0.5, 0.6) is 0 Å². The Labute approximate surface area is 150 Å². The highest BCUT2D eigenvalue weighted by Crippen LogP contribution is 2.34. The molecular weight excluding hydrogens is 308 g/mol. The Hall–Kier alpha value is -2.98. The van der Waals surface area contributed by atoms with Gasteiger partial charge in [0.1, 0.15) is 0 Å². The minimum Gasteiger partial charge on any atom is -0.352 e. The highest BCUT2D eigenvalue weighted by Gasteiger charge is 2.20. The van der Waals surface area contributed by atoms with E-state index in [9.17, 15) is 0 Å². The summed E-state index contributed by atoms with van der Waals surface area (Å²) in [5.74, 6) is 6.00. The van der Waals surface area contributed by atoms with Gasteiger partial charge in [0, 0.05) is 49.4 Å². The second-order valence-corrected chi connectivity index (χ2v) is 6.05. The van der Waals surface area contributed by atoms with Crippen molar-refractivity contribution in [2.45, 2.75) is 6.42 Å². The molecule has 0 atom stereocenters. The van der Waals surface area contributed by atoms with E-state index < -0.39 is 0 Å². The van der Waals surface area contributed by atoms with Gasteiger partial charge >= 0.3 is 0 Å². The average molecular weight is 334 g/mol. The van der Waals surface area contributed by atoms with Crippen LogP contribution in [-0.2, 0) is 6.42 Å². The van der Waals surface area contributed by atoms with Crippen molar-refractivity contribution in [3.63, 3.8) is 0 Å². The molecule has 0 aromatic heterocycles. The molecule has 1 aromatic rings. The molecule has 4 heteroatoms. The lowest BCUT2D eigenvalue weighted by Crippen LogP contribution is -2.25. The number of benzene rings is 1. The van der Waals surface area contributed by atoms with Crippen molar-refractivity contribution >= 4 is 11.4 Å². The van der Waals surface area contributed by atoms with Gasteiger partial charge in [-0.2, -0.15) is 0 Å². The van der Waals surface area contributed by atoms with Gasteiger partial charge in [0.25, 0.3) is 0 Å². The summed E-state index contributed by atoms with van der Waals surface area (Å²) in [6.45, 7) is 19.8. The average Bonchev–Trinajstić information content (AvgIpc) is 2.90. The number of anilines is 2. The molecule has 0 aliphatic carbocycles. The fourth-order valence-electron chi connectivity index (χ4n) is 2.66. The third kappa shape index (κ3) is 3.59. The number of rotatable bonds is 7. The van der Waals surface area contributed by atoms with Crippen LogP contribution < -0.4 is 15.8 Å². The van der Waals surface area contributed by atoms with Gasteiger partial charge in [-0.1, -0.05) is 39.0 Å².